The van der Waals surface area contributed by atoms with E-state index < -0.39 is 32.6 Å². The lowest BCUT2D eigenvalue weighted by atomic mass is 10.0. The largest absolute Gasteiger partial charge is 0.274 e. The van der Waals surface area contributed by atoms with E-state index >= 15 is 0 Å². The molecular weight excluding hydrogens is 354 g/mol. The molecule has 122 valence electrons. The monoisotopic (exact) mass is 368 g/mol. The number of nitrogens with one attached hydrogen (secondary N) is 2. The van der Waals surface area contributed by atoms with Crippen molar-refractivity contribution in [3.05, 3.63) is 33.6 Å². The lowest BCUT2D eigenvalue weighted by Crippen LogP contribution is -2.46. The van der Waals surface area contributed by atoms with Gasteiger partial charge in [0.1, 0.15) is 0 Å². The van der Waals surface area contributed by atoms with Crippen molar-refractivity contribution in [2.75, 3.05) is 0 Å². The first-order valence-corrected chi connectivity index (χ1v) is 9.07. The van der Waals surface area contributed by atoms with E-state index in [2.05, 4.69) is 0 Å². The molecule has 1 amide bonds. The number of rotatable bonds is 4. The van der Waals surface area contributed by atoms with Crippen molar-refractivity contribution in [2.45, 2.75) is 37.4 Å². The van der Waals surface area contributed by atoms with Crippen LogP contribution in [0, 0.1) is 5.82 Å². The standard InChI is InChI=1S/C13H15Cl2FN2O3S/c14-8-6-10(12(16)11(15)7-8)13(19)17-18-22(20,21)9-4-2-1-3-5-9/h6-7,9,18H,1-5H2,(H,17,19). The molecule has 0 saturated heterocycles. The maximum atomic E-state index is 13.8. The zero-order chi connectivity index (χ0) is 16.3. The molecule has 1 aliphatic rings. The van der Waals surface area contributed by atoms with Crippen LogP contribution in [0.1, 0.15) is 42.5 Å². The summed E-state index contributed by atoms with van der Waals surface area (Å²) in [7, 11) is -3.69. The smallest absolute Gasteiger partial charge is 0.269 e. The predicted molar refractivity (Wildman–Crippen MR) is 82.8 cm³/mol. The van der Waals surface area contributed by atoms with E-state index in [0.717, 1.165) is 31.4 Å². The third-order valence-corrected chi connectivity index (χ3v) is 5.76. The lowest BCUT2D eigenvalue weighted by Gasteiger charge is -2.22. The number of sulfonamides is 1. The van der Waals surface area contributed by atoms with Crippen LogP contribution in [0.15, 0.2) is 12.1 Å². The zero-order valence-electron chi connectivity index (χ0n) is 11.5. The second-order valence-electron chi connectivity index (χ2n) is 5.11. The summed E-state index contributed by atoms with van der Waals surface area (Å²) in [6.07, 6.45) is 3.76. The highest BCUT2D eigenvalue weighted by Gasteiger charge is 2.28. The maximum absolute atomic E-state index is 13.8. The number of halogens is 3. The number of hydrazine groups is 1. The van der Waals surface area contributed by atoms with E-state index in [1.807, 2.05) is 10.3 Å². The van der Waals surface area contributed by atoms with Gasteiger partial charge in [0.15, 0.2) is 5.82 Å². The molecule has 0 radical (unpaired) electrons. The molecule has 0 heterocycles. The Kier molecular flexibility index (Phi) is 5.65. The van der Waals surface area contributed by atoms with Gasteiger partial charge in [0.2, 0.25) is 10.0 Å². The number of carbonyl (C=O) groups excluding carboxylic acids is 1. The van der Waals surface area contributed by atoms with Crippen LogP contribution in [0.5, 0.6) is 0 Å². The van der Waals surface area contributed by atoms with E-state index in [-0.39, 0.29) is 10.0 Å². The van der Waals surface area contributed by atoms with Crippen molar-refractivity contribution in [3.8, 4) is 0 Å². The first kappa shape index (κ1) is 17.5. The van der Waals surface area contributed by atoms with Gasteiger partial charge in [-0.1, -0.05) is 42.5 Å². The van der Waals surface area contributed by atoms with Crippen molar-refractivity contribution in [1.29, 1.82) is 0 Å². The summed E-state index contributed by atoms with van der Waals surface area (Å²) < 4.78 is 37.9. The summed E-state index contributed by atoms with van der Waals surface area (Å²) in [4.78, 5) is 13.9. The van der Waals surface area contributed by atoms with Crippen LogP contribution in [0.25, 0.3) is 0 Å². The number of hydrogen-bond acceptors (Lipinski definition) is 3. The van der Waals surface area contributed by atoms with E-state index in [1.54, 1.807) is 0 Å². The Morgan fingerprint density at radius 1 is 1.18 bits per heavy atom. The molecule has 1 aromatic rings. The van der Waals surface area contributed by atoms with Crippen molar-refractivity contribution in [3.63, 3.8) is 0 Å². The number of hydrogen-bond donors (Lipinski definition) is 2. The minimum Gasteiger partial charge on any atom is -0.274 e. The van der Waals surface area contributed by atoms with E-state index in [0.29, 0.717) is 12.8 Å². The van der Waals surface area contributed by atoms with E-state index in [4.69, 9.17) is 23.2 Å². The van der Waals surface area contributed by atoms with Crippen LogP contribution in [0.2, 0.25) is 10.0 Å². The summed E-state index contributed by atoms with van der Waals surface area (Å²) in [6, 6.07) is 2.23. The van der Waals surface area contributed by atoms with Gasteiger partial charge in [-0.05, 0) is 25.0 Å². The third-order valence-electron chi connectivity index (χ3n) is 3.54. The fourth-order valence-electron chi connectivity index (χ4n) is 2.36. The van der Waals surface area contributed by atoms with Gasteiger partial charge in [0, 0.05) is 5.02 Å². The summed E-state index contributed by atoms with van der Waals surface area (Å²) in [5.74, 6) is -1.92. The van der Waals surface area contributed by atoms with Crippen molar-refractivity contribution < 1.29 is 17.6 Å². The summed E-state index contributed by atoms with van der Waals surface area (Å²) >= 11 is 11.3. The molecule has 0 unspecified atom stereocenters. The maximum Gasteiger partial charge on any atom is 0.269 e. The Balaban J connectivity index is 2.06. The molecule has 1 aliphatic carbocycles. The van der Waals surface area contributed by atoms with Crippen LogP contribution in [-0.4, -0.2) is 19.6 Å². The molecule has 0 aromatic heterocycles. The van der Waals surface area contributed by atoms with Crippen molar-refractivity contribution >= 4 is 39.1 Å². The molecule has 0 spiro atoms. The summed E-state index contributed by atoms with van der Waals surface area (Å²) in [5.41, 5.74) is 1.57. The average molecular weight is 369 g/mol. The first-order valence-electron chi connectivity index (χ1n) is 6.77. The van der Waals surface area contributed by atoms with Gasteiger partial charge in [0.05, 0.1) is 15.8 Å². The van der Waals surface area contributed by atoms with Gasteiger partial charge in [-0.2, -0.15) is 0 Å². The molecule has 1 saturated carbocycles. The van der Waals surface area contributed by atoms with E-state index in [9.17, 15) is 17.6 Å². The summed E-state index contributed by atoms with van der Waals surface area (Å²) in [5, 5.41) is -0.783. The second kappa shape index (κ2) is 7.12. The Bertz CT molecular complexity index is 676. The van der Waals surface area contributed by atoms with Gasteiger partial charge in [-0.3, -0.25) is 10.2 Å². The molecule has 5 nitrogen and oxygen atoms in total. The van der Waals surface area contributed by atoms with Crippen LogP contribution >= 0.6 is 23.2 Å². The van der Waals surface area contributed by atoms with Gasteiger partial charge < -0.3 is 0 Å². The minimum absolute atomic E-state index is 0.0756. The second-order valence-corrected chi connectivity index (χ2v) is 7.91. The van der Waals surface area contributed by atoms with Crippen LogP contribution in [-0.2, 0) is 10.0 Å². The molecule has 22 heavy (non-hydrogen) atoms. The highest BCUT2D eigenvalue weighted by Crippen LogP contribution is 2.24. The molecule has 0 bridgehead atoms. The first-order chi connectivity index (χ1) is 10.3. The van der Waals surface area contributed by atoms with E-state index in [1.165, 1.54) is 0 Å². The minimum atomic E-state index is -3.69. The number of carbonyl (C=O) groups is 1. The molecular formula is C13H15Cl2FN2O3S. The zero-order valence-corrected chi connectivity index (χ0v) is 13.9. The Labute approximate surface area is 138 Å². The van der Waals surface area contributed by atoms with Crippen LogP contribution in [0.3, 0.4) is 0 Å². The normalized spacial score (nSPS) is 16.5. The topological polar surface area (TPSA) is 75.3 Å². The Morgan fingerprint density at radius 3 is 2.45 bits per heavy atom. The van der Waals surface area contributed by atoms with Gasteiger partial charge in [-0.15, -0.1) is 4.83 Å². The molecule has 9 heteroatoms. The quantitative estimate of drug-likeness (QED) is 0.633. The van der Waals surface area contributed by atoms with Crippen molar-refractivity contribution in [1.82, 2.24) is 10.3 Å². The molecule has 2 N–H and O–H groups in total. The molecule has 1 aromatic carbocycles. The highest BCUT2D eigenvalue weighted by atomic mass is 35.5. The fourth-order valence-corrected chi connectivity index (χ4v) is 4.21. The van der Waals surface area contributed by atoms with Gasteiger partial charge in [0.25, 0.3) is 5.91 Å². The van der Waals surface area contributed by atoms with Crippen molar-refractivity contribution in [2.24, 2.45) is 0 Å². The Morgan fingerprint density at radius 2 is 1.82 bits per heavy atom. The third kappa shape index (κ3) is 4.10. The fraction of sp³-hybridized carbons (Fsp3) is 0.462. The number of amides is 1. The Hall–Kier alpha value is -0.890. The molecule has 2 rings (SSSR count). The van der Waals surface area contributed by atoms with Crippen LogP contribution in [0.4, 0.5) is 4.39 Å². The number of benzene rings is 1. The van der Waals surface area contributed by atoms with Crippen LogP contribution < -0.4 is 10.3 Å². The van der Waals surface area contributed by atoms with Gasteiger partial charge in [-0.25, -0.2) is 12.8 Å². The molecule has 0 atom stereocenters. The van der Waals surface area contributed by atoms with Gasteiger partial charge >= 0.3 is 0 Å². The SMILES string of the molecule is O=C(NNS(=O)(=O)C1CCCCC1)c1cc(Cl)cc(Cl)c1F. The molecule has 0 aliphatic heterocycles. The lowest BCUT2D eigenvalue weighted by molar-refractivity contribution is 0.0941. The highest BCUT2D eigenvalue weighted by molar-refractivity contribution is 7.90. The summed E-state index contributed by atoms with van der Waals surface area (Å²) in [6.45, 7) is 0. The predicted octanol–water partition coefficient (Wildman–Crippen LogP) is 3.03. The molecule has 1 fully saturated rings. The average Bonchev–Trinajstić information content (AvgIpc) is 2.49.